The fourth-order valence-corrected chi connectivity index (χ4v) is 3.12. The quantitative estimate of drug-likeness (QED) is 0.832. The van der Waals surface area contributed by atoms with Gasteiger partial charge in [0.25, 0.3) is 0 Å². The van der Waals surface area contributed by atoms with Crippen LogP contribution >= 0.6 is 15.9 Å². The molecule has 0 aromatic carbocycles. The molecule has 0 bridgehead atoms. The molecule has 0 aliphatic heterocycles. The summed E-state index contributed by atoms with van der Waals surface area (Å²) in [6.45, 7) is 6.07. The molecule has 100 valence electrons. The van der Waals surface area contributed by atoms with Gasteiger partial charge in [0, 0.05) is 0 Å². The first kappa shape index (κ1) is 14.3. The van der Waals surface area contributed by atoms with Crippen LogP contribution in [0.5, 0.6) is 0 Å². The first-order valence-electron chi connectivity index (χ1n) is 6.79. The molecule has 5 heteroatoms. The Balaban J connectivity index is 0.000000637. The minimum absolute atomic E-state index is 0.380. The molecule has 0 atom stereocenters. The van der Waals surface area contributed by atoms with Gasteiger partial charge in [-0.25, -0.2) is 0 Å². The van der Waals surface area contributed by atoms with Crippen molar-refractivity contribution in [3.63, 3.8) is 0 Å². The van der Waals surface area contributed by atoms with Gasteiger partial charge in [0.1, 0.15) is 0 Å². The third kappa shape index (κ3) is 2.61. The van der Waals surface area contributed by atoms with Crippen molar-refractivity contribution in [1.82, 2.24) is 4.98 Å². The average Bonchev–Trinajstić information content (AvgIpc) is 2.78. The molecule has 0 saturated carbocycles. The number of H-pyrrole nitrogens is 1. The van der Waals surface area contributed by atoms with Crippen LogP contribution in [0.25, 0.3) is 10.8 Å². The first-order valence-corrected chi connectivity index (χ1v) is 7.59. The maximum atomic E-state index is 11.5. The molecule has 1 aliphatic carbocycles. The van der Waals surface area contributed by atoms with Crippen LogP contribution in [-0.2, 0) is 12.8 Å². The molecule has 0 spiro atoms. The number of carbonyl (C=O) groups is 1. The Morgan fingerprint density at radius 3 is 2.74 bits per heavy atom. The van der Waals surface area contributed by atoms with E-state index in [4.69, 9.17) is 5.73 Å². The molecular formula is C14H18BBrN2O. The SMILES string of the molecule is CC.NC(=O)c1cc(Br)bc2c3c([nH]c12)CCCC3. The van der Waals surface area contributed by atoms with E-state index in [0.717, 1.165) is 28.0 Å². The zero-order valence-electron chi connectivity index (χ0n) is 11.3. The molecule has 2 aromatic heterocycles. The summed E-state index contributed by atoms with van der Waals surface area (Å²) in [4.78, 5) is 14.8. The van der Waals surface area contributed by atoms with Gasteiger partial charge in [-0.15, -0.1) is 0 Å². The van der Waals surface area contributed by atoms with Crippen LogP contribution < -0.4 is 5.73 Å². The van der Waals surface area contributed by atoms with Crippen molar-refractivity contribution < 1.29 is 4.79 Å². The molecule has 19 heavy (non-hydrogen) atoms. The maximum absolute atomic E-state index is 11.5. The van der Waals surface area contributed by atoms with Gasteiger partial charge in [0.2, 0.25) is 0 Å². The first-order chi connectivity index (χ1) is 9.16. The van der Waals surface area contributed by atoms with E-state index in [0.29, 0.717) is 5.56 Å². The fourth-order valence-electron chi connectivity index (χ4n) is 2.67. The second-order valence-corrected chi connectivity index (χ2v) is 5.45. The van der Waals surface area contributed by atoms with E-state index in [1.807, 2.05) is 13.8 Å². The molecule has 3 nitrogen and oxygen atoms in total. The summed E-state index contributed by atoms with van der Waals surface area (Å²) in [7, 11) is 0. The Bertz CT molecular complexity index is 621. The molecule has 1 amide bonds. The number of amides is 1. The number of carbonyl (C=O) groups excluding carboxylic acids is 1. The number of rotatable bonds is 1. The van der Waals surface area contributed by atoms with Gasteiger partial charge in [-0.3, -0.25) is 0 Å². The topological polar surface area (TPSA) is 58.9 Å². The van der Waals surface area contributed by atoms with Crippen LogP contribution in [0.2, 0.25) is 0 Å². The summed E-state index contributed by atoms with van der Waals surface area (Å²) in [5.41, 5.74) is 9.52. The fraction of sp³-hybridized carbons (Fsp3) is 0.429. The Kier molecular flexibility index (Phi) is 4.45. The Morgan fingerprint density at radius 1 is 1.37 bits per heavy atom. The number of halogens is 1. The van der Waals surface area contributed by atoms with E-state index in [1.54, 1.807) is 6.07 Å². The van der Waals surface area contributed by atoms with Crippen LogP contribution in [0, 0.1) is 0 Å². The Labute approximate surface area is 122 Å². The molecule has 0 fully saturated rings. The summed E-state index contributed by atoms with van der Waals surface area (Å²) < 4.78 is 0.908. The third-order valence-corrected chi connectivity index (χ3v) is 3.90. The summed E-state index contributed by atoms with van der Waals surface area (Å²) in [5.74, 6) is -0.380. The van der Waals surface area contributed by atoms with E-state index < -0.39 is 0 Å². The summed E-state index contributed by atoms with van der Waals surface area (Å²) >= 11 is 3.44. The van der Waals surface area contributed by atoms with E-state index in [9.17, 15) is 4.79 Å². The summed E-state index contributed by atoms with van der Waals surface area (Å²) in [6.07, 6.45) is 4.59. The summed E-state index contributed by atoms with van der Waals surface area (Å²) in [5, 5.41) is 1.14. The molecule has 3 rings (SSSR count). The van der Waals surface area contributed by atoms with Gasteiger partial charge in [0.05, 0.1) is 0 Å². The monoisotopic (exact) mass is 320 g/mol. The average molecular weight is 321 g/mol. The molecule has 0 unspecified atom stereocenters. The third-order valence-electron chi connectivity index (χ3n) is 3.44. The minimum atomic E-state index is -0.380. The number of nitrogens with two attached hydrogens (primary N) is 1. The van der Waals surface area contributed by atoms with Gasteiger partial charge in [0.15, 0.2) is 0 Å². The van der Waals surface area contributed by atoms with Gasteiger partial charge in [-0.05, 0) is 0 Å². The van der Waals surface area contributed by atoms with Crippen molar-refractivity contribution in [2.24, 2.45) is 5.73 Å². The van der Waals surface area contributed by atoms with Crippen molar-refractivity contribution in [3.8, 4) is 0 Å². The van der Waals surface area contributed by atoms with Crippen molar-refractivity contribution in [2.45, 2.75) is 39.5 Å². The normalized spacial score (nSPS) is 13.4. The van der Waals surface area contributed by atoms with Crippen LogP contribution in [0.1, 0.15) is 48.3 Å². The zero-order valence-corrected chi connectivity index (χ0v) is 12.9. The number of aromatic amines is 1. The Hall–Kier alpha value is -1.10. The Morgan fingerprint density at radius 2 is 2.05 bits per heavy atom. The van der Waals surface area contributed by atoms with Crippen LogP contribution in [0.3, 0.4) is 0 Å². The van der Waals surface area contributed by atoms with Gasteiger partial charge < -0.3 is 0 Å². The van der Waals surface area contributed by atoms with Crippen molar-refractivity contribution in [1.29, 1.82) is 0 Å². The molecule has 1 aliphatic rings. The van der Waals surface area contributed by atoms with Crippen LogP contribution in [0.15, 0.2) is 10.4 Å². The number of hydrogen-bond donors (Lipinski definition) is 2. The number of nitrogens with one attached hydrogen (secondary N) is 1. The van der Waals surface area contributed by atoms with E-state index in [1.165, 1.54) is 24.1 Å². The predicted octanol–water partition coefficient (Wildman–Crippen LogP) is 3.27. The van der Waals surface area contributed by atoms with E-state index >= 15 is 0 Å². The molecule has 2 aromatic rings. The second kappa shape index (κ2) is 5.91. The number of primary amides is 1. The van der Waals surface area contributed by atoms with Crippen molar-refractivity contribution in [2.75, 3.05) is 0 Å². The van der Waals surface area contributed by atoms with Gasteiger partial charge in [-0.2, -0.15) is 0 Å². The number of hydrogen-bond acceptors (Lipinski definition) is 1. The van der Waals surface area contributed by atoms with Crippen LogP contribution in [0.4, 0.5) is 0 Å². The second-order valence-electron chi connectivity index (χ2n) is 4.53. The standard InChI is InChI=1S/C12H12BBrN2O.C2H6/c14-9-5-7(12(15)17)11-10(13-9)6-3-1-2-4-8(6)16-11;1-2/h5,16H,1-4H2,(H2,15,17);1-2H3. The van der Waals surface area contributed by atoms with Crippen LogP contribution in [-0.4, -0.2) is 17.8 Å². The van der Waals surface area contributed by atoms with E-state index in [2.05, 4.69) is 27.8 Å². The predicted molar refractivity (Wildman–Crippen MR) is 83.9 cm³/mol. The molecule has 0 radical (unpaired) electrons. The number of aryl methyl sites for hydroxylation is 2. The van der Waals surface area contributed by atoms with Crippen molar-refractivity contribution >= 4 is 39.5 Å². The molecule has 0 saturated heterocycles. The van der Waals surface area contributed by atoms with Crippen molar-refractivity contribution in [3.05, 3.63) is 27.3 Å². The number of aromatic nitrogens is 1. The molecular weight excluding hydrogens is 303 g/mol. The number of fused-ring (bicyclic) bond motifs is 3. The van der Waals surface area contributed by atoms with E-state index in [-0.39, 0.29) is 5.91 Å². The van der Waals surface area contributed by atoms with Gasteiger partial charge in [-0.1, -0.05) is 13.8 Å². The van der Waals surface area contributed by atoms with Gasteiger partial charge >= 0.3 is 108 Å². The summed E-state index contributed by atoms with van der Waals surface area (Å²) in [6, 6.07) is 1.78. The zero-order chi connectivity index (χ0) is 14.0. The molecule has 3 N–H and O–H groups in total. The molecule has 2 heterocycles.